The van der Waals surface area contributed by atoms with Gasteiger partial charge in [0.2, 0.25) is 5.91 Å². The number of nitrogens with one attached hydrogen (secondary N) is 1. The van der Waals surface area contributed by atoms with Gasteiger partial charge in [-0.05, 0) is 45.9 Å². The first kappa shape index (κ1) is 21.5. The van der Waals surface area contributed by atoms with Crippen molar-refractivity contribution >= 4 is 40.2 Å². The molecule has 0 aliphatic heterocycles. The van der Waals surface area contributed by atoms with E-state index in [2.05, 4.69) is 20.4 Å². The van der Waals surface area contributed by atoms with E-state index in [-0.39, 0.29) is 29.9 Å². The maximum absolute atomic E-state index is 12.7. The van der Waals surface area contributed by atoms with Gasteiger partial charge < -0.3 is 14.6 Å². The van der Waals surface area contributed by atoms with Crippen LogP contribution < -0.4 is 5.32 Å². The zero-order chi connectivity index (χ0) is 21.0. The monoisotopic (exact) mass is 434 g/mol. The van der Waals surface area contributed by atoms with E-state index in [1.165, 1.54) is 11.8 Å². The highest BCUT2D eigenvalue weighted by molar-refractivity contribution is 8.00. The Bertz CT molecular complexity index is 995. The van der Waals surface area contributed by atoms with E-state index in [9.17, 15) is 4.79 Å². The molecule has 1 N–H and O–H groups in total. The van der Waals surface area contributed by atoms with Crippen LogP contribution in [0.3, 0.4) is 0 Å². The largest absolute Gasteiger partial charge is 0.369 e. The lowest BCUT2D eigenvalue weighted by Gasteiger charge is -2.16. The number of rotatable bonds is 8. The molecule has 2 heterocycles. The second-order valence-corrected chi connectivity index (χ2v) is 8.69. The van der Waals surface area contributed by atoms with E-state index >= 15 is 0 Å². The van der Waals surface area contributed by atoms with E-state index in [1.807, 2.05) is 52.0 Å². The number of benzene rings is 1. The van der Waals surface area contributed by atoms with Gasteiger partial charge in [-0.2, -0.15) is 4.98 Å². The van der Waals surface area contributed by atoms with Gasteiger partial charge in [0.1, 0.15) is 6.61 Å². The molecule has 1 aromatic carbocycles. The number of aromatic nitrogens is 3. The topological polar surface area (TPSA) is 90.1 Å². The lowest BCUT2D eigenvalue weighted by molar-refractivity contribution is -0.121. The molecule has 0 saturated carbocycles. The van der Waals surface area contributed by atoms with Crippen LogP contribution in [0.4, 0.5) is 0 Å². The first-order valence-corrected chi connectivity index (χ1v) is 10.5. The summed E-state index contributed by atoms with van der Waals surface area (Å²) < 4.78 is 10.6. The van der Waals surface area contributed by atoms with Gasteiger partial charge in [0.05, 0.1) is 22.9 Å². The molecule has 7 nitrogen and oxygen atoms in total. The van der Waals surface area contributed by atoms with Crippen LogP contribution in [0.2, 0.25) is 5.02 Å². The molecule has 0 saturated heterocycles. The molecule has 2 unspecified atom stereocenters. The Balaban J connectivity index is 1.62. The van der Waals surface area contributed by atoms with E-state index in [1.54, 1.807) is 6.20 Å². The van der Waals surface area contributed by atoms with Crippen LogP contribution >= 0.6 is 23.4 Å². The number of hydrogen-bond acceptors (Lipinski definition) is 7. The summed E-state index contributed by atoms with van der Waals surface area (Å²) in [6, 6.07) is 7.06. The lowest BCUT2D eigenvalue weighted by atomic mass is 10.2. The van der Waals surface area contributed by atoms with Crippen LogP contribution in [0.15, 0.2) is 39.9 Å². The van der Waals surface area contributed by atoms with Gasteiger partial charge in [0.25, 0.3) is 5.89 Å². The van der Waals surface area contributed by atoms with Crippen LogP contribution in [-0.4, -0.2) is 32.4 Å². The predicted molar refractivity (Wildman–Crippen MR) is 113 cm³/mol. The van der Waals surface area contributed by atoms with Crippen LogP contribution in [-0.2, 0) is 16.1 Å². The fraction of sp³-hybridized carbons (Fsp3) is 0.400. The molecule has 2 atom stereocenters. The minimum absolute atomic E-state index is 0.0700. The highest BCUT2D eigenvalue weighted by Crippen LogP contribution is 2.31. The summed E-state index contributed by atoms with van der Waals surface area (Å²) in [6.07, 6.45) is 1.79. The third-order valence-corrected chi connectivity index (χ3v) is 5.52. The third kappa shape index (κ3) is 5.68. The molecule has 2 aromatic heterocycles. The third-order valence-electron chi connectivity index (χ3n) is 4.11. The van der Waals surface area contributed by atoms with Crippen LogP contribution in [0, 0.1) is 0 Å². The number of halogens is 1. The number of fused-ring (bicyclic) bond motifs is 1. The average molecular weight is 435 g/mol. The number of ether oxygens (including phenoxy) is 1. The van der Waals surface area contributed by atoms with Crippen LogP contribution in [0.25, 0.3) is 10.9 Å². The smallest absolute Gasteiger partial charge is 0.252 e. The summed E-state index contributed by atoms with van der Waals surface area (Å²) >= 11 is 7.50. The molecule has 3 rings (SSSR count). The van der Waals surface area contributed by atoms with Gasteiger partial charge in [-0.15, -0.1) is 11.8 Å². The molecule has 0 radical (unpaired) electrons. The Kier molecular flexibility index (Phi) is 7.10. The zero-order valence-electron chi connectivity index (χ0n) is 16.7. The second kappa shape index (κ2) is 9.56. The number of thioether (sulfide) groups is 1. The van der Waals surface area contributed by atoms with Crippen molar-refractivity contribution in [2.45, 2.75) is 56.6 Å². The number of hydrogen-bond donors (Lipinski definition) is 1. The maximum atomic E-state index is 12.7. The molecule has 0 aliphatic rings. The van der Waals surface area contributed by atoms with Gasteiger partial charge in [-0.3, -0.25) is 9.78 Å². The number of carbonyl (C=O) groups excluding carboxylic acids is 1. The van der Waals surface area contributed by atoms with E-state index < -0.39 is 0 Å². The number of carbonyl (C=O) groups is 1. The van der Waals surface area contributed by atoms with Gasteiger partial charge >= 0.3 is 0 Å². The summed E-state index contributed by atoms with van der Waals surface area (Å²) in [6.45, 7) is 7.78. The fourth-order valence-corrected chi connectivity index (χ4v) is 3.74. The van der Waals surface area contributed by atoms with Crippen LogP contribution in [0.5, 0.6) is 0 Å². The minimum Gasteiger partial charge on any atom is -0.369 e. The molecule has 9 heteroatoms. The standard InChI is InChI=1S/C20H23ClN4O3S/c1-11(2)27-10-18-24-19(25-28-18)12(3)23-20(26)13(4)29-17-7-8-22-16-9-14(21)5-6-15(16)17/h5-9,11-13H,10H2,1-4H3,(H,23,26). The molecular formula is C20H23ClN4O3S. The van der Waals surface area contributed by atoms with Crippen molar-refractivity contribution < 1.29 is 14.1 Å². The van der Waals surface area contributed by atoms with Gasteiger partial charge in [0.15, 0.2) is 5.82 Å². The molecule has 1 amide bonds. The number of amides is 1. The summed E-state index contributed by atoms with van der Waals surface area (Å²) in [7, 11) is 0. The normalized spacial score (nSPS) is 13.6. The molecule has 29 heavy (non-hydrogen) atoms. The average Bonchev–Trinajstić information content (AvgIpc) is 3.15. The van der Waals surface area contributed by atoms with Crippen molar-refractivity contribution in [1.82, 2.24) is 20.4 Å². The van der Waals surface area contributed by atoms with E-state index in [0.29, 0.717) is 16.7 Å². The second-order valence-electron chi connectivity index (χ2n) is 6.87. The molecular weight excluding hydrogens is 412 g/mol. The van der Waals surface area contributed by atoms with Crippen LogP contribution in [0.1, 0.15) is 45.5 Å². The molecule has 0 bridgehead atoms. The first-order chi connectivity index (χ1) is 13.8. The lowest BCUT2D eigenvalue weighted by Crippen LogP contribution is -2.33. The zero-order valence-corrected chi connectivity index (χ0v) is 18.3. The predicted octanol–water partition coefficient (Wildman–Crippen LogP) is 4.55. The maximum Gasteiger partial charge on any atom is 0.252 e. The van der Waals surface area contributed by atoms with Gasteiger partial charge in [0, 0.05) is 21.5 Å². The Labute approximate surface area is 178 Å². The summed E-state index contributed by atoms with van der Waals surface area (Å²) in [5.74, 6) is 0.687. The summed E-state index contributed by atoms with van der Waals surface area (Å²) in [4.78, 5) is 22.2. The Morgan fingerprint density at radius 3 is 2.83 bits per heavy atom. The van der Waals surface area contributed by atoms with Crippen molar-refractivity contribution in [1.29, 1.82) is 0 Å². The number of nitrogens with zero attached hydrogens (tertiary/aromatic N) is 3. The molecule has 0 aliphatic carbocycles. The number of pyridine rings is 1. The molecule has 3 aromatic rings. The van der Waals surface area contributed by atoms with Crippen molar-refractivity contribution in [3.63, 3.8) is 0 Å². The Hall–Kier alpha value is -2.16. The first-order valence-electron chi connectivity index (χ1n) is 9.29. The summed E-state index contributed by atoms with van der Waals surface area (Å²) in [5, 5.41) is 8.13. The van der Waals surface area contributed by atoms with E-state index in [0.717, 1.165) is 15.8 Å². The highest BCUT2D eigenvalue weighted by Gasteiger charge is 2.21. The Morgan fingerprint density at radius 1 is 1.28 bits per heavy atom. The van der Waals surface area contributed by atoms with Gasteiger partial charge in [-0.1, -0.05) is 22.8 Å². The minimum atomic E-state index is -0.380. The van der Waals surface area contributed by atoms with Crippen molar-refractivity contribution in [2.75, 3.05) is 0 Å². The SMILES string of the molecule is CC(C)OCc1nc(C(C)NC(=O)C(C)Sc2ccnc3cc(Cl)ccc23)no1. The van der Waals surface area contributed by atoms with Crippen molar-refractivity contribution in [2.24, 2.45) is 0 Å². The molecule has 0 fully saturated rings. The quantitative estimate of drug-likeness (QED) is 0.520. The van der Waals surface area contributed by atoms with E-state index in [4.69, 9.17) is 20.9 Å². The molecule has 0 spiro atoms. The van der Waals surface area contributed by atoms with Crippen molar-refractivity contribution in [3.8, 4) is 0 Å². The fourth-order valence-electron chi connectivity index (χ4n) is 2.58. The van der Waals surface area contributed by atoms with Crippen molar-refractivity contribution in [3.05, 3.63) is 47.2 Å². The van der Waals surface area contributed by atoms with Gasteiger partial charge in [-0.25, -0.2) is 0 Å². The highest BCUT2D eigenvalue weighted by atomic mass is 35.5. The Morgan fingerprint density at radius 2 is 2.07 bits per heavy atom. The molecule has 154 valence electrons. The summed E-state index contributed by atoms with van der Waals surface area (Å²) in [5.41, 5.74) is 0.798.